The molecular weight excluding hydrogens is 226 g/mol. The van der Waals surface area contributed by atoms with Gasteiger partial charge >= 0.3 is 0 Å². The number of piperidine rings is 1. The first-order valence-electron chi connectivity index (χ1n) is 5.94. The molecule has 0 spiro atoms. The largest absolute Gasteiger partial charge is 0.472 e. The van der Waals surface area contributed by atoms with Crippen LogP contribution >= 0.6 is 0 Å². The van der Waals surface area contributed by atoms with E-state index in [9.17, 15) is 8.78 Å². The van der Waals surface area contributed by atoms with Crippen LogP contribution in [-0.2, 0) is 0 Å². The van der Waals surface area contributed by atoms with Crippen molar-refractivity contribution in [2.45, 2.75) is 43.9 Å². The minimum Gasteiger partial charge on any atom is -0.472 e. The first kappa shape index (κ1) is 10.9. The third-order valence-electron chi connectivity index (χ3n) is 3.48. The second kappa shape index (κ2) is 4.22. The van der Waals surface area contributed by atoms with E-state index in [2.05, 4.69) is 10.3 Å². The molecule has 1 aromatic rings. The molecule has 0 saturated carbocycles. The highest BCUT2D eigenvalue weighted by Crippen LogP contribution is 2.29. The van der Waals surface area contributed by atoms with Gasteiger partial charge in [-0.05, 0) is 25.7 Å². The van der Waals surface area contributed by atoms with Crippen molar-refractivity contribution in [3.63, 3.8) is 0 Å². The molecule has 2 unspecified atom stereocenters. The number of aromatic nitrogens is 1. The molecule has 2 aliphatic rings. The Labute approximate surface area is 98.2 Å². The summed E-state index contributed by atoms with van der Waals surface area (Å²) in [5.74, 6) is -1.49. The van der Waals surface area contributed by atoms with Crippen LogP contribution in [0.3, 0.4) is 0 Å². The zero-order chi connectivity index (χ0) is 11.8. The van der Waals surface area contributed by atoms with Gasteiger partial charge in [0, 0.05) is 18.2 Å². The van der Waals surface area contributed by atoms with Gasteiger partial charge in [0.15, 0.2) is 5.82 Å². The summed E-state index contributed by atoms with van der Waals surface area (Å²) in [5, 5.41) is 3.48. The van der Waals surface area contributed by atoms with Gasteiger partial charge in [-0.1, -0.05) is 0 Å². The Hall–Kier alpha value is -1.23. The highest BCUT2D eigenvalue weighted by atomic mass is 19.1. The van der Waals surface area contributed by atoms with E-state index in [-0.39, 0.29) is 12.0 Å². The number of pyridine rings is 1. The summed E-state index contributed by atoms with van der Waals surface area (Å²) >= 11 is 0. The first-order valence-corrected chi connectivity index (χ1v) is 5.94. The monoisotopic (exact) mass is 240 g/mol. The summed E-state index contributed by atoms with van der Waals surface area (Å²) in [6.45, 7) is 0. The molecule has 2 fully saturated rings. The second-order valence-electron chi connectivity index (χ2n) is 4.79. The summed E-state index contributed by atoms with van der Waals surface area (Å²) in [7, 11) is 0. The zero-order valence-electron chi connectivity index (χ0n) is 9.33. The molecule has 0 aliphatic carbocycles. The van der Waals surface area contributed by atoms with E-state index >= 15 is 0 Å². The maximum absolute atomic E-state index is 13.4. The predicted octanol–water partition coefficient (Wildman–Crippen LogP) is 2.02. The van der Waals surface area contributed by atoms with E-state index in [0.29, 0.717) is 12.1 Å². The molecule has 2 bridgehead atoms. The SMILES string of the molecule is Fc1cnc(OC2CC3CCC(C2)N3)c(F)c1. The summed E-state index contributed by atoms with van der Waals surface area (Å²) in [6, 6.07) is 1.75. The number of hydrogen-bond donors (Lipinski definition) is 1. The van der Waals surface area contributed by atoms with Gasteiger partial charge in [-0.25, -0.2) is 13.8 Å². The van der Waals surface area contributed by atoms with Crippen molar-refractivity contribution in [2.75, 3.05) is 0 Å². The fourth-order valence-electron chi connectivity index (χ4n) is 2.75. The highest BCUT2D eigenvalue weighted by molar-refractivity contribution is 5.15. The zero-order valence-corrected chi connectivity index (χ0v) is 9.33. The lowest BCUT2D eigenvalue weighted by molar-refractivity contribution is 0.125. The van der Waals surface area contributed by atoms with Gasteiger partial charge in [0.05, 0.1) is 6.20 Å². The van der Waals surface area contributed by atoms with Crippen molar-refractivity contribution < 1.29 is 13.5 Å². The molecule has 3 nitrogen and oxygen atoms in total. The lowest BCUT2D eigenvalue weighted by atomic mass is 10.0. The van der Waals surface area contributed by atoms with Crippen molar-refractivity contribution >= 4 is 0 Å². The molecule has 5 heteroatoms. The van der Waals surface area contributed by atoms with Crippen LogP contribution in [0.4, 0.5) is 8.78 Å². The van der Waals surface area contributed by atoms with Gasteiger partial charge in [0.1, 0.15) is 11.9 Å². The molecule has 3 heterocycles. The van der Waals surface area contributed by atoms with Crippen LogP contribution < -0.4 is 10.1 Å². The molecule has 2 atom stereocenters. The molecule has 2 aliphatic heterocycles. The van der Waals surface area contributed by atoms with Crippen LogP contribution in [0.2, 0.25) is 0 Å². The minimum absolute atomic E-state index is 0.0128. The maximum atomic E-state index is 13.4. The third-order valence-corrected chi connectivity index (χ3v) is 3.48. The summed E-state index contributed by atoms with van der Waals surface area (Å²) in [4.78, 5) is 3.65. The fraction of sp³-hybridized carbons (Fsp3) is 0.583. The van der Waals surface area contributed by atoms with Crippen molar-refractivity contribution in [3.8, 4) is 5.88 Å². The molecular formula is C12H14F2N2O. The van der Waals surface area contributed by atoms with Crippen LogP contribution in [0.15, 0.2) is 12.3 Å². The molecule has 0 radical (unpaired) electrons. The number of nitrogens with zero attached hydrogens (tertiary/aromatic N) is 1. The van der Waals surface area contributed by atoms with Gasteiger partial charge in [-0.2, -0.15) is 0 Å². The Kier molecular flexibility index (Phi) is 2.70. The number of ether oxygens (including phenoxy) is 1. The standard InChI is InChI=1S/C12H14F2N2O/c13-7-3-11(14)12(15-6-7)17-10-4-8-1-2-9(5-10)16-8/h3,6,8-10,16H,1-2,4-5H2. The van der Waals surface area contributed by atoms with Crippen LogP contribution in [0.25, 0.3) is 0 Å². The number of hydrogen-bond acceptors (Lipinski definition) is 3. The van der Waals surface area contributed by atoms with Gasteiger partial charge in [-0.3, -0.25) is 0 Å². The van der Waals surface area contributed by atoms with E-state index in [0.717, 1.165) is 37.9 Å². The molecule has 3 rings (SSSR count). The van der Waals surface area contributed by atoms with E-state index in [4.69, 9.17) is 4.74 Å². The number of rotatable bonds is 2. The van der Waals surface area contributed by atoms with E-state index in [1.807, 2.05) is 0 Å². The topological polar surface area (TPSA) is 34.1 Å². The average molecular weight is 240 g/mol. The van der Waals surface area contributed by atoms with Crippen molar-refractivity contribution in [3.05, 3.63) is 23.9 Å². The predicted molar refractivity (Wildman–Crippen MR) is 57.7 cm³/mol. The third kappa shape index (κ3) is 2.24. The Balaban J connectivity index is 1.70. The summed E-state index contributed by atoms with van der Waals surface area (Å²) in [6.07, 6.45) is 5.02. The van der Waals surface area contributed by atoms with Crippen LogP contribution in [-0.4, -0.2) is 23.2 Å². The summed E-state index contributed by atoms with van der Waals surface area (Å²) < 4.78 is 31.6. The molecule has 2 saturated heterocycles. The van der Waals surface area contributed by atoms with Gasteiger partial charge in [0.2, 0.25) is 0 Å². The Morgan fingerprint density at radius 3 is 2.59 bits per heavy atom. The molecule has 0 aromatic carbocycles. The fourth-order valence-corrected chi connectivity index (χ4v) is 2.75. The van der Waals surface area contributed by atoms with E-state index < -0.39 is 11.6 Å². The van der Waals surface area contributed by atoms with Crippen molar-refractivity contribution in [1.29, 1.82) is 0 Å². The number of fused-ring (bicyclic) bond motifs is 2. The number of nitrogens with one attached hydrogen (secondary N) is 1. The Bertz CT molecular complexity index is 415. The molecule has 1 N–H and O–H groups in total. The van der Waals surface area contributed by atoms with E-state index in [1.165, 1.54) is 0 Å². The first-order chi connectivity index (χ1) is 8.20. The van der Waals surface area contributed by atoms with Crippen LogP contribution in [0.5, 0.6) is 5.88 Å². The maximum Gasteiger partial charge on any atom is 0.250 e. The lowest BCUT2D eigenvalue weighted by Gasteiger charge is -2.29. The van der Waals surface area contributed by atoms with Crippen LogP contribution in [0.1, 0.15) is 25.7 Å². The second-order valence-corrected chi connectivity index (χ2v) is 4.79. The Morgan fingerprint density at radius 1 is 1.24 bits per heavy atom. The normalized spacial score (nSPS) is 31.5. The molecule has 0 amide bonds. The number of halogens is 2. The minimum atomic E-state index is -0.726. The van der Waals surface area contributed by atoms with Crippen LogP contribution in [0, 0.1) is 11.6 Å². The Morgan fingerprint density at radius 2 is 1.94 bits per heavy atom. The summed E-state index contributed by atoms with van der Waals surface area (Å²) in [5.41, 5.74) is 0. The quantitative estimate of drug-likeness (QED) is 0.858. The smallest absolute Gasteiger partial charge is 0.250 e. The van der Waals surface area contributed by atoms with Crippen molar-refractivity contribution in [1.82, 2.24) is 10.3 Å². The highest BCUT2D eigenvalue weighted by Gasteiger charge is 2.34. The van der Waals surface area contributed by atoms with Gasteiger partial charge in [0.25, 0.3) is 5.88 Å². The molecule has 17 heavy (non-hydrogen) atoms. The molecule has 1 aromatic heterocycles. The molecule has 92 valence electrons. The van der Waals surface area contributed by atoms with Crippen molar-refractivity contribution in [2.24, 2.45) is 0 Å². The average Bonchev–Trinajstić information content (AvgIpc) is 2.62. The van der Waals surface area contributed by atoms with E-state index in [1.54, 1.807) is 0 Å². The van der Waals surface area contributed by atoms with Gasteiger partial charge in [-0.15, -0.1) is 0 Å². The lowest BCUT2D eigenvalue weighted by Crippen LogP contribution is -2.42. The van der Waals surface area contributed by atoms with Gasteiger partial charge < -0.3 is 10.1 Å².